The zero-order chi connectivity index (χ0) is 14.3. The predicted octanol–water partition coefficient (Wildman–Crippen LogP) is 3.68. The highest BCUT2D eigenvalue weighted by Gasteiger charge is 2.14. The van der Waals surface area contributed by atoms with Crippen LogP contribution in [0.4, 0.5) is 0 Å². The van der Waals surface area contributed by atoms with Gasteiger partial charge in [-0.05, 0) is 36.1 Å². The molecule has 0 spiro atoms. The molecule has 19 heavy (non-hydrogen) atoms. The molecule has 5 heteroatoms. The van der Waals surface area contributed by atoms with Gasteiger partial charge in [0.1, 0.15) is 0 Å². The fraction of sp³-hybridized carbons (Fsp3) is 0.357. The third-order valence-electron chi connectivity index (χ3n) is 2.78. The van der Waals surface area contributed by atoms with Crippen molar-refractivity contribution >= 4 is 29.1 Å². The van der Waals surface area contributed by atoms with Gasteiger partial charge in [0.2, 0.25) is 0 Å². The first kappa shape index (κ1) is 16.0. The second kappa shape index (κ2) is 8.20. The molecular weight excluding hydrogens is 283 g/mol. The van der Waals surface area contributed by atoms with E-state index in [4.69, 9.17) is 23.2 Å². The lowest BCUT2D eigenvalue weighted by Gasteiger charge is -2.19. The third-order valence-corrected chi connectivity index (χ3v) is 3.35. The molecule has 1 aromatic carbocycles. The highest BCUT2D eigenvalue weighted by atomic mass is 35.5. The number of rotatable bonds is 7. The number of benzene rings is 1. The molecule has 104 valence electrons. The topological polar surface area (TPSA) is 41.1 Å². The number of nitrogens with one attached hydrogen (secondary N) is 2. The van der Waals surface area contributed by atoms with Crippen molar-refractivity contribution in [2.24, 2.45) is 0 Å². The van der Waals surface area contributed by atoms with Gasteiger partial charge in [-0.3, -0.25) is 10.2 Å². The Hall–Kier alpha value is -1.03. The Morgan fingerprint density at radius 1 is 1.47 bits per heavy atom. The Bertz CT molecular complexity index is 449. The number of halogens is 2. The maximum absolute atomic E-state index is 11.1. The molecule has 0 bridgehead atoms. The molecule has 1 aromatic rings. The monoisotopic (exact) mass is 300 g/mol. The predicted molar refractivity (Wildman–Crippen MR) is 80.5 cm³/mol. The minimum atomic E-state index is -0.252. The highest BCUT2D eigenvalue weighted by molar-refractivity contribution is 6.35. The molecule has 0 heterocycles. The maximum Gasteiger partial charge on any atom is 0.257 e. The van der Waals surface area contributed by atoms with E-state index in [0.717, 1.165) is 18.4 Å². The molecule has 0 aliphatic rings. The molecule has 1 amide bonds. The number of hydrazine groups is 1. The van der Waals surface area contributed by atoms with E-state index in [0.29, 0.717) is 16.6 Å². The summed E-state index contributed by atoms with van der Waals surface area (Å²) in [7, 11) is 0. The second-order valence-corrected chi connectivity index (χ2v) is 5.07. The molecule has 1 unspecified atom stereocenters. The Labute approximate surface area is 123 Å². The summed E-state index contributed by atoms with van der Waals surface area (Å²) in [5, 5.41) is 1.28. The van der Waals surface area contributed by atoms with Gasteiger partial charge in [0.25, 0.3) is 5.91 Å². The first-order valence-electron chi connectivity index (χ1n) is 6.18. The zero-order valence-electron chi connectivity index (χ0n) is 10.9. The maximum atomic E-state index is 11.1. The van der Waals surface area contributed by atoms with Crippen LogP contribution in [0.15, 0.2) is 30.9 Å². The van der Waals surface area contributed by atoms with E-state index in [1.54, 1.807) is 6.07 Å². The van der Waals surface area contributed by atoms with Gasteiger partial charge in [0.15, 0.2) is 0 Å². The SMILES string of the molecule is C=CC(=O)NNCC(CCC)c1ccc(Cl)cc1Cl. The quantitative estimate of drug-likeness (QED) is 0.596. The first-order chi connectivity index (χ1) is 9.08. The van der Waals surface area contributed by atoms with E-state index >= 15 is 0 Å². The van der Waals surface area contributed by atoms with E-state index < -0.39 is 0 Å². The van der Waals surface area contributed by atoms with Crippen LogP contribution in [0.25, 0.3) is 0 Å². The molecule has 0 saturated heterocycles. The highest BCUT2D eigenvalue weighted by Crippen LogP contribution is 2.29. The Morgan fingerprint density at radius 2 is 2.21 bits per heavy atom. The van der Waals surface area contributed by atoms with Gasteiger partial charge in [-0.2, -0.15) is 0 Å². The Balaban J connectivity index is 2.70. The Morgan fingerprint density at radius 3 is 2.79 bits per heavy atom. The molecule has 3 nitrogen and oxygen atoms in total. The van der Waals surface area contributed by atoms with Gasteiger partial charge < -0.3 is 0 Å². The summed E-state index contributed by atoms with van der Waals surface area (Å²) in [5.41, 5.74) is 6.48. The van der Waals surface area contributed by atoms with Crippen LogP contribution >= 0.6 is 23.2 Å². The summed E-state index contributed by atoms with van der Waals surface area (Å²) in [5.74, 6) is -0.0302. The van der Waals surface area contributed by atoms with Crippen LogP contribution in [0.5, 0.6) is 0 Å². The minimum absolute atomic E-state index is 0.222. The van der Waals surface area contributed by atoms with E-state index in [1.807, 2.05) is 12.1 Å². The van der Waals surface area contributed by atoms with Crippen LogP contribution in [0.1, 0.15) is 31.2 Å². The van der Waals surface area contributed by atoms with Gasteiger partial charge in [0.05, 0.1) is 0 Å². The van der Waals surface area contributed by atoms with Crippen molar-refractivity contribution in [2.75, 3.05) is 6.54 Å². The van der Waals surface area contributed by atoms with Crippen LogP contribution in [-0.2, 0) is 4.79 Å². The average molecular weight is 301 g/mol. The zero-order valence-corrected chi connectivity index (χ0v) is 12.4. The summed E-state index contributed by atoms with van der Waals surface area (Å²) in [6, 6.07) is 5.50. The molecule has 0 aliphatic carbocycles. The minimum Gasteiger partial charge on any atom is -0.288 e. The van der Waals surface area contributed by atoms with Crippen LogP contribution in [0.3, 0.4) is 0 Å². The summed E-state index contributed by atoms with van der Waals surface area (Å²) in [4.78, 5) is 11.1. The molecule has 0 aromatic heterocycles. The number of carbonyl (C=O) groups excluding carboxylic acids is 1. The average Bonchev–Trinajstić information content (AvgIpc) is 2.38. The lowest BCUT2D eigenvalue weighted by molar-refractivity contribution is -0.117. The lowest BCUT2D eigenvalue weighted by atomic mass is 9.94. The fourth-order valence-electron chi connectivity index (χ4n) is 1.86. The molecule has 0 aliphatic heterocycles. The lowest BCUT2D eigenvalue weighted by Crippen LogP contribution is -2.38. The van der Waals surface area contributed by atoms with E-state index in [9.17, 15) is 4.79 Å². The van der Waals surface area contributed by atoms with Crippen molar-refractivity contribution in [3.05, 3.63) is 46.5 Å². The van der Waals surface area contributed by atoms with Crippen molar-refractivity contribution in [3.8, 4) is 0 Å². The summed E-state index contributed by atoms with van der Waals surface area (Å²) in [6.07, 6.45) is 3.22. The summed E-state index contributed by atoms with van der Waals surface area (Å²) < 4.78 is 0. The van der Waals surface area contributed by atoms with Crippen LogP contribution in [0, 0.1) is 0 Å². The standard InChI is InChI=1S/C14H18Cl2N2O/c1-3-5-10(9-17-18-14(19)4-2)12-7-6-11(15)8-13(12)16/h4,6-8,10,17H,2-3,5,9H2,1H3,(H,18,19). The molecule has 0 radical (unpaired) electrons. The molecular formula is C14H18Cl2N2O. The smallest absolute Gasteiger partial charge is 0.257 e. The van der Waals surface area contributed by atoms with Crippen molar-refractivity contribution in [1.29, 1.82) is 0 Å². The summed E-state index contributed by atoms with van der Waals surface area (Å²) >= 11 is 12.1. The van der Waals surface area contributed by atoms with Crippen LogP contribution in [-0.4, -0.2) is 12.5 Å². The van der Waals surface area contributed by atoms with Crippen molar-refractivity contribution < 1.29 is 4.79 Å². The van der Waals surface area contributed by atoms with Crippen LogP contribution < -0.4 is 10.9 Å². The number of amides is 1. The first-order valence-corrected chi connectivity index (χ1v) is 6.94. The molecule has 1 atom stereocenters. The number of hydrogen-bond donors (Lipinski definition) is 2. The van der Waals surface area contributed by atoms with Gasteiger partial charge >= 0.3 is 0 Å². The largest absolute Gasteiger partial charge is 0.288 e. The number of carbonyl (C=O) groups is 1. The fourth-order valence-corrected chi connectivity index (χ4v) is 2.42. The van der Waals surface area contributed by atoms with E-state index in [-0.39, 0.29) is 11.8 Å². The molecule has 0 fully saturated rings. The van der Waals surface area contributed by atoms with E-state index in [2.05, 4.69) is 24.4 Å². The van der Waals surface area contributed by atoms with Crippen molar-refractivity contribution in [2.45, 2.75) is 25.7 Å². The second-order valence-electron chi connectivity index (χ2n) is 4.23. The Kier molecular flexibility index (Phi) is 6.92. The molecule has 0 saturated carbocycles. The van der Waals surface area contributed by atoms with Crippen LogP contribution in [0.2, 0.25) is 10.0 Å². The van der Waals surface area contributed by atoms with Gasteiger partial charge in [0, 0.05) is 16.6 Å². The van der Waals surface area contributed by atoms with E-state index in [1.165, 1.54) is 6.08 Å². The van der Waals surface area contributed by atoms with Crippen molar-refractivity contribution in [1.82, 2.24) is 10.9 Å². The third kappa shape index (κ3) is 5.23. The van der Waals surface area contributed by atoms with Gasteiger partial charge in [-0.15, -0.1) is 0 Å². The van der Waals surface area contributed by atoms with Gasteiger partial charge in [-0.25, -0.2) is 5.43 Å². The number of hydrogen-bond acceptors (Lipinski definition) is 2. The normalized spacial score (nSPS) is 11.9. The molecule has 2 N–H and O–H groups in total. The summed E-state index contributed by atoms with van der Waals surface area (Å²) in [6.45, 7) is 6.11. The van der Waals surface area contributed by atoms with Gasteiger partial charge in [-0.1, -0.05) is 49.2 Å². The molecule has 1 rings (SSSR count). The van der Waals surface area contributed by atoms with Crippen molar-refractivity contribution in [3.63, 3.8) is 0 Å².